The van der Waals surface area contributed by atoms with Gasteiger partial charge >= 0.3 is 0 Å². The van der Waals surface area contributed by atoms with Crippen molar-refractivity contribution in [2.75, 3.05) is 51.4 Å². The first-order chi connectivity index (χ1) is 15.6. The van der Waals surface area contributed by atoms with E-state index in [0.717, 1.165) is 30.6 Å². The number of ether oxygens (including phenoxy) is 2. The monoisotopic (exact) mass is 441 g/mol. The van der Waals surface area contributed by atoms with Crippen molar-refractivity contribution in [1.29, 1.82) is 0 Å². The summed E-state index contributed by atoms with van der Waals surface area (Å²) < 4.78 is 10.6. The largest absolute Gasteiger partial charge is 0.497 e. The molecule has 1 saturated carbocycles. The molecule has 1 aromatic carbocycles. The molecular weight excluding hydrogens is 414 g/mol. The van der Waals surface area contributed by atoms with E-state index in [1.807, 2.05) is 29.2 Å². The number of hydrogen-bond donors (Lipinski definition) is 0. The molecule has 170 valence electrons. The summed E-state index contributed by atoms with van der Waals surface area (Å²) in [5.74, 6) is 1.01. The normalized spacial score (nSPS) is 19.8. The Morgan fingerprint density at radius 2 is 1.78 bits per heavy atom. The molecule has 2 aromatic rings. The number of hydrazine groups is 1. The van der Waals surface area contributed by atoms with Crippen LogP contribution in [0.2, 0.25) is 0 Å². The topological polar surface area (TPSA) is 106 Å². The van der Waals surface area contributed by atoms with E-state index in [1.165, 1.54) is 4.80 Å². The average Bonchev–Trinajstić information content (AvgIpc) is 3.26. The first-order valence-corrected chi connectivity index (χ1v) is 11.0. The highest BCUT2D eigenvalue weighted by molar-refractivity contribution is 5.93. The molecule has 0 spiro atoms. The van der Waals surface area contributed by atoms with Crippen molar-refractivity contribution in [3.63, 3.8) is 0 Å². The van der Waals surface area contributed by atoms with Gasteiger partial charge in [0.15, 0.2) is 0 Å². The lowest BCUT2D eigenvalue weighted by atomic mass is 9.94. The number of nitrogens with zero attached hydrogens (tertiary/aromatic N) is 7. The minimum absolute atomic E-state index is 0.0194. The van der Waals surface area contributed by atoms with Crippen LogP contribution in [-0.4, -0.2) is 88.5 Å². The van der Waals surface area contributed by atoms with Crippen LogP contribution in [0, 0.1) is 0 Å². The van der Waals surface area contributed by atoms with E-state index in [-0.39, 0.29) is 18.4 Å². The smallest absolute Gasteiger partial charge is 0.266 e. The fourth-order valence-corrected chi connectivity index (χ4v) is 4.38. The average molecular weight is 441 g/mol. The Morgan fingerprint density at radius 3 is 2.47 bits per heavy atom. The number of carbonyl (C=O) groups is 2. The highest BCUT2D eigenvalue weighted by atomic mass is 16.5. The van der Waals surface area contributed by atoms with Crippen molar-refractivity contribution in [3.05, 3.63) is 29.8 Å². The summed E-state index contributed by atoms with van der Waals surface area (Å²) in [4.78, 5) is 29.8. The first-order valence-electron chi connectivity index (χ1n) is 11.0. The van der Waals surface area contributed by atoms with Gasteiger partial charge in [-0.15, -0.1) is 5.10 Å². The van der Waals surface area contributed by atoms with Crippen LogP contribution < -0.4 is 9.64 Å². The number of amides is 2. The minimum atomic E-state index is -0.551. The van der Waals surface area contributed by atoms with Crippen LogP contribution >= 0.6 is 0 Å². The molecule has 32 heavy (non-hydrogen) atoms. The number of benzene rings is 1. The minimum Gasteiger partial charge on any atom is -0.497 e. The Balaban J connectivity index is 1.26. The molecule has 11 heteroatoms. The van der Waals surface area contributed by atoms with Gasteiger partial charge in [0.2, 0.25) is 0 Å². The van der Waals surface area contributed by atoms with Gasteiger partial charge in [-0.2, -0.15) is 4.80 Å². The van der Waals surface area contributed by atoms with E-state index >= 15 is 0 Å². The Kier molecular flexibility index (Phi) is 5.41. The van der Waals surface area contributed by atoms with Crippen LogP contribution in [-0.2, 0) is 26.3 Å². The second-order valence-electron chi connectivity index (χ2n) is 8.33. The Bertz CT molecular complexity index is 982. The maximum atomic E-state index is 13.5. The van der Waals surface area contributed by atoms with E-state index in [9.17, 15) is 9.59 Å². The van der Waals surface area contributed by atoms with Crippen molar-refractivity contribution in [2.24, 2.45) is 0 Å². The third-order valence-electron chi connectivity index (χ3n) is 6.37. The molecule has 1 aromatic heterocycles. The highest BCUT2D eigenvalue weighted by Gasteiger charge is 2.55. The zero-order valence-electron chi connectivity index (χ0n) is 18.1. The molecule has 5 rings (SSSR count). The predicted molar refractivity (Wildman–Crippen MR) is 113 cm³/mol. The molecule has 2 amide bonds. The highest BCUT2D eigenvalue weighted by Crippen LogP contribution is 2.50. The number of carbonyl (C=O) groups excluding carboxylic acids is 2. The summed E-state index contributed by atoms with van der Waals surface area (Å²) in [6, 6.07) is 7.63. The summed E-state index contributed by atoms with van der Waals surface area (Å²) in [6.07, 6.45) is 2.31. The molecule has 11 nitrogen and oxygen atoms in total. The van der Waals surface area contributed by atoms with Gasteiger partial charge in [-0.05, 0) is 42.2 Å². The van der Waals surface area contributed by atoms with Crippen molar-refractivity contribution in [3.8, 4) is 5.75 Å². The van der Waals surface area contributed by atoms with Gasteiger partial charge in [0.05, 0.1) is 25.7 Å². The molecule has 0 unspecified atom stereocenters. The van der Waals surface area contributed by atoms with E-state index in [1.54, 1.807) is 17.1 Å². The molecule has 0 radical (unpaired) electrons. The number of morpholine rings is 1. The zero-order chi connectivity index (χ0) is 22.1. The van der Waals surface area contributed by atoms with Crippen LogP contribution in [0.3, 0.4) is 0 Å². The molecule has 0 N–H and O–H groups in total. The fourth-order valence-electron chi connectivity index (χ4n) is 4.38. The van der Waals surface area contributed by atoms with Crippen LogP contribution in [0.25, 0.3) is 0 Å². The quantitative estimate of drug-likeness (QED) is 0.627. The van der Waals surface area contributed by atoms with Crippen LogP contribution in [0.4, 0.5) is 5.95 Å². The predicted octanol–water partition coefficient (Wildman–Crippen LogP) is 0.226. The van der Waals surface area contributed by atoms with Crippen molar-refractivity contribution < 1.29 is 19.1 Å². The van der Waals surface area contributed by atoms with Gasteiger partial charge in [0.1, 0.15) is 12.3 Å². The number of anilines is 1. The molecule has 2 saturated heterocycles. The second-order valence-corrected chi connectivity index (χ2v) is 8.33. The Hall–Kier alpha value is -3.21. The van der Waals surface area contributed by atoms with Crippen LogP contribution in [0.15, 0.2) is 24.3 Å². The van der Waals surface area contributed by atoms with Gasteiger partial charge in [-0.1, -0.05) is 17.2 Å². The molecule has 2 aliphatic heterocycles. The van der Waals surface area contributed by atoms with Gasteiger partial charge in [0, 0.05) is 26.2 Å². The summed E-state index contributed by atoms with van der Waals surface area (Å²) >= 11 is 0. The number of hydrogen-bond acceptors (Lipinski definition) is 8. The molecular formula is C21H27N7O4. The third-order valence-corrected chi connectivity index (χ3v) is 6.37. The number of rotatable bonds is 6. The maximum Gasteiger partial charge on any atom is 0.266 e. The first kappa shape index (κ1) is 20.7. The summed E-state index contributed by atoms with van der Waals surface area (Å²) in [5, 5.41) is 15.6. The fraction of sp³-hybridized carbons (Fsp3) is 0.571. The molecule has 1 aliphatic carbocycles. The Morgan fingerprint density at radius 1 is 1.06 bits per heavy atom. The number of tetrazole rings is 1. The SMILES string of the molecule is COc1ccc(C2(C(=O)N3CCCN3C(=O)Cn3nnc(N4CCOCC4)n3)CC2)cc1. The van der Waals surface area contributed by atoms with Crippen molar-refractivity contribution in [2.45, 2.75) is 31.2 Å². The van der Waals surface area contributed by atoms with Crippen LogP contribution in [0.5, 0.6) is 5.75 Å². The zero-order valence-corrected chi connectivity index (χ0v) is 18.1. The maximum absolute atomic E-state index is 13.5. The van der Waals surface area contributed by atoms with Gasteiger partial charge in [-0.3, -0.25) is 14.6 Å². The van der Waals surface area contributed by atoms with E-state index in [2.05, 4.69) is 15.4 Å². The lowest BCUT2D eigenvalue weighted by Crippen LogP contribution is -2.50. The van der Waals surface area contributed by atoms with Gasteiger partial charge in [-0.25, -0.2) is 5.01 Å². The number of methoxy groups -OCH3 is 1. The molecule has 0 atom stereocenters. The van der Waals surface area contributed by atoms with Crippen LogP contribution in [0.1, 0.15) is 24.8 Å². The lowest BCUT2D eigenvalue weighted by molar-refractivity contribution is -0.160. The third kappa shape index (κ3) is 3.77. The second kappa shape index (κ2) is 8.38. The van der Waals surface area contributed by atoms with E-state index in [4.69, 9.17) is 9.47 Å². The van der Waals surface area contributed by atoms with Crippen molar-refractivity contribution in [1.82, 2.24) is 30.2 Å². The molecule has 0 bridgehead atoms. The number of aromatic nitrogens is 4. The summed E-state index contributed by atoms with van der Waals surface area (Å²) in [7, 11) is 1.62. The molecule has 3 aliphatic rings. The molecule has 3 fully saturated rings. The van der Waals surface area contributed by atoms with E-state index in [0.29, 0.717) is 45.3 Å². The van der Waals surface area contributed by atoms with Crippen molar-refractivity contribution >= 4 is 17.8 Å². The summed E-state index contributed by atoms with van der Waals surface area (Å²) in [6.45, 7) is 3.61. The standard InChI is InChI=1S/C21H27N7O4/c1-31-17-5-3-16(4-6-17)21(7-8-21)19(30)27-10-2-9-26(27)18(29)15-28-23-20(22-24-28)25-11-13-32-14-12-25/h3-6H,2,7-15H2,1H3. The van der Waals surface area contributed by atoms with E-state index < -0.39 is 5.41 Å². The van der Waals surface area contributed by atoms with Gasteiger partial charge in [0.25, 0.3) is 17.8 Å². The summed E-state index contributed by atoms with van der Waals surface area (Å²) in [5.41, 5.74) is 0.417. The molecule has 3 heterocycles. The lowest BCUT2D eigenvalue weighted by Gasteiger charge is -2.31. The van der Waals surface area contributed by atoms with Gasteiger partial charge < -0.3 is 14.4 Å². The Labute approximate surface area is 185 Å².